The fourth-order valence-electron chi connectivity index (χ4n) is 9.19. The van der Waals surface area contributed by atoms with Crippen LogP contribution in [0.15, 0.2) is 206 Å². The molecule has 0 saturated heterocycles. The van der Waals surface area contributed by atoms with Crippen LogP contribution in [0.4, 0.5) is 0 Å². The summed E-state index contributed by atoms with van der Waals surface area (Å²) in [5, 5.41) is 7.59. The lowest BCUT2D eigenvalue weighted by molar-refractivity contribution is 1.17. The summed E-state index contributed by atoms with van der Waals surface area (Å²) in [6.45, 7) is 4.44. The van der Waals surface area contributed by atoms with Gasteiger partial charge in [-0.15, -0.1) is 11.3 Å². The van der Waals surface area contributed by atoms with Crippen molar-refractivity contribution in [3.8, 4) is 11.4 Å². The maximum Gasteiger partial charge on any atom is 0.0619 e. The van der Waals surface area contributed by atoms with E-state index in [0.29, 0.717) is 0 Å². The molecule has 0 bridgehead atoms. The van der Waals surface area contributed by atoms with Gasteiger partial charge in [-0.25, -0.2) is 0 Å². The molecule has 0 spiro atoms. The summed E-state index contributed by atoms with van der Waals surface area (Å²) in [4.78, 5) is 0. The first-order valence-electron chi connectivity index (χ1n) is 20.3. The molecule has 0 N–H and O–H groups in total. The van der Waals surface area contributed by atoms with E-state index in [4.69, 9.17) is 0 Å². The van der Waals surface area contributed by atoms with E-state index in [0.717, 1.165) is 16.9 Å². The van der Waals surface area contributed by atoms with E-state index in [9.17, 15) is 0 Å². The second kappa shape index (κ2) is 14.3. The van der Waals surface area contributed by atoms with Crippen LogP contribution in [0.3, 0.4) is 0 Å². The number of aromatic nitrogens is 2. The number of hydrogen-bond donors (Lipinski definition) is 0. The molecular formula is C56H40N2S. The Labute approximate surface area is 347 Å². The van der Waals surface area contributed by atoms with Gasteiger partial charge in [-0.05, 0) is 96.8 Å². The lowest BCUT2D eigenvalue weighted by atomic mass is 9.93. The molecule has 0 atom stereocenters. The van der Waals surface area contributed by atoms with Crippen molar-refractivity contribution in [3.63, 3.8) is 0 Å². The first-order chi connectivity index (χ1) is 29.2. The lowest BCUT2D eigenvalue weighted by Gasteiger charge is -2.15. The van der Waals surface area contributed by atoms with Crippen molar-refractivity contribution in [3.05, 3.63) is 223 Å². The van der Waals surface area contributed by atoms with Crippen LogP contribution < -0.4 is 0 Å². The summed E-state index contributed by atoms with van der Waals surface area (Å²) >= 11 is 1.86. The molecule has 3 heteroatoms. The van der Waals surface area contributed by atoms with Gasteiger partial charge in [0.15, 0.2) is 0 Å². The number of nitrogens with zero attached hydrogens (tertiary/aromatic N) is 2. The van der Waals surface area contributed by atoms with Gasteiger partial charge in [-0.3, -0.25) is 0 Å². The van der Waals surface area contributed by atoms with Crippen molar-refractivity contribution < 1.29 is 0 Å². The van der Waals surface area contributed by atoms with Crippen LogP contribution >= 0.6 is 11.3 Å². The Morgan fingerprint density at radius 3 is 1.56 bits per heavy atom. The van der Waals surface area contributed by atoms with Crippen LogP contribution in [-0.2, 0) is 0 Å². The third-order valence-corrected chi connectivity index (χ3v) is 13.0. The summed E-state index contributed by atoms with van der Waals surface area (Å²) in [7, 11) is 0. The second-order valence-corrected chi connectivity index (χ2v) is 16.3. The summed E-state index contributed by atoms with van der Waals surface area (Å²) in [5.74, 6) is 0. The molecule has 3 aromatic heterocycles. The SMILES string of the molecule is C\C=C(/C=C(\C=C(/C)c1cccc2c3ccccc3n(-c3ccccc3)c12)c1cccc2c3ccccc3n(-c3ccccc3)c12)c1ccc2sc3ccccc3c2c1. The van der Waals surface area contributed by atoms with Gasteiger partial charge in [-0.2, -0.15) is 0 Å². The van der Waals surface area contributed by atoms with Crippen molar-refractivity contribution in [1.29, 1.82) is 0 Å². The van der Waals surface area contributed by atoms with E-state index >= 15 is 0 Å². The van der Waals surface area contributed by atoms with Gasteiger partial charge < -0.3 is 9.13 Å². The van der Waals surface area contributed by atoms with E-state index < -0.39 is 0 Å². The standard InChI is InChI=1S/C56H40N2S/c1-3-38(39-32-33-54-50(36-39)47-24-12-15-31-53(47)59-54)35-40(44-26-17-28-49-46-23-11-14-30-52(46)58(56(44)49)42-20-8-5-9-21-42)34-37(2)43-25-16-27-48-45-22-10-13-29-51(45)57(55(43)48)41-18-6-4-7-19-41/h3-36H,1-2H3/b37-34+,38-3+,40-35+. The largest absolute Gasteiger partial charge is 0.309 e. The molecular weight excluding hydrogens is 733 g/mol. The van der Waals surface area contributed by atoms with Crippen LogP contribution in [0, 0.1) is 0 Å². The lowest BCUT2D eigenvalue weighted by Crippen LogP contribution is -1.98. The Balaban J connectivity index is 1.20. The van der Waals surface area contributed by atoms with E-state index in [2.05, 4.69) is 229 Å². The maximum absolute atomic E-state index is 2.45. The summed E-state index contributed by atoms with van der Waals surface area (Å²) < 4.78 is 7.51. The van der Waals surface area contributed by atoms with Crippen molar-refractivity contribution in [2.24, 2.45) is 0 Å². The number of rotatable bonds is 7. The molecule has 8 aromatic carbocycles. The molecule has 0 aliphatic carbocycles. The molecule has 0 radical (unpaired) electrons. The molecule has 0 unspecified atom stereocenters. The minimum absolute atomic E-state index is 1.14. The predicted octanol–water partition coefficient (Wildman–Crippen LogP) is 15.8. The Morgan fingerprint density at radius 2 is 0.932 bits per heavy atom. The third kappa shape index (κ3) is 5.77. The zero-order chi connectivity index (χ0) is 39.5. The minimum atomic E-state index is 1.14. The van der Waals surface area contributed by atoms with Crippen LogP contribution in [0.25, 0.3) is 91.9 Å². The monoisotopic (exact) mass is 772 g/mol. The number of fused-ring (bicyclic) bond motifs is 9. The molecule has 11 aromatic rings. The Morgan fingerprint density at radius 1 is 0.424 bits per heavy atom. The van der Waals surface area contributed by atoms with Crippen molar-refractivity contribution in [2.45, 2.75) is 13.8 Å². The summed E-state index contributed by atoms with van der Waals surface area (Å²) in [6.07, 6.45) is 7.10. The van der Waals surface area contributed by atoms with Crippen molar-refractivity contribution in [1.82, 2.24) is 9.13 Å². The number of benzene rings is 8. The molecule has 0 saturated carbocycles. The fourth-order valence-corrected chi connectivity index (χ4v) is 10.3. The Kier molecular flexibility index (Phi) is 8.49. The highest BCUT2D eigenvalue weighted by Crippen LogP contribution is 2.42. The van der Waals surface area contributed by atoms with Gasteiger partial charge in [0.05, 0.1) is 22.1 Å². The average Bonchev–Trinajstić information content (AvgIpc) is 3.96. The highest BCUT2D eigenvalue weighted by molar-refractivity contribution is 7.25. The quantitative estimate of drug-likeness (QED) is 0.143. The number of thiophene rings is 1. The predicted molar refractivity (Wildman–Crippen MR) is 256 cm³/mol. The molecule has 59 heavy (non-hydrogen) atoms. The summed E-state index contributed by atoms with van der Waals surface area (Å²) in [5.41, 5.74) is 14.2. The molecule has 11 rings (SSSR count). The van der Waals surface area contributed by atoms with E-state index in [1.165, 1.54) is 91.6 Å². The maximum atomic E-state index is 2.45. The van der Waals surface area contributed by atoms with Crippen LogP contribution in [-0.4, -0.2) is 9.13 Å². The van der Waals surface area contributed by atoms with E-state index in [-0.39, 0.29) is 0 Å². The minimum Gasteiger partial charge on any atom is -0.309 e. The number of hydrogen-bond acceptors (Lipinski definition) is 1. The first kappa shape index (κ1) is 35.0. The number of allylic oxidation sites excluding steroid dienone is 6. The molecule has 2 nitrogen and oxygen atoms in total. The van der Waals surface area contributed by atoms with E-state index in [1.807, 2.05) is 11.3 Å². The zero-order valence-electron chi connectivity index (χ0n) is 32.9. The van der Waals surface area contributed by atoms with Gasteiger partial charge in [0, 0.05) is 64.2 Å². The van der Waals surface area contributed by atoms with Crippen molar-refractivity contribution >= 4 is 91.8 Å². The van der Waals surface area contributed by atoms with E-state index in [1.54, 1.807) is 0 Å². The first-order valence-corrected chi connectivity index (χ1v) is 21.1. The van der Waals surface area contributed by atoms with Gasteiger partial charge in [0.25, 0.3) is 0 Å². The van der Waals surface area contributed by atoms with Crippen LogP contribution in [0.1, 0.15) is 30.5 Å². The van der Waals surface area contributed by atoms with Gasteiger partial charge >= 0.3 is 0 Å². The molecule has 0 amide bonds. The number of para-hydroxylation sites is 6. The van der Waals surface area contributed by atoms with Crippen LogP contribution in [0.5, 0.6) is 0 Å². The van der Waals surface area contributed by atoms with Gasteiger partial charge in [-0.1, -0.05) is 146 Å². The highest BCUT2D eigenvalue weighted by Gasteiger charge is 2.20. The Hall–Kier alpha value is -7.20. The molecule has 0 aliphatic heterocycles. The van der Waals surface area contributed by atoms with Crippen molar-refractivity contribution in [2.75, 3.05) is 0 Å². The molecule has 3 heterocycles. The fraction of sp³-hybridized carbons (Fsp3) is 0.0357. The third-order valence-electron chi connectivity index (χ3n) is 11.9. The molecule has 0 fully saturated rings. The Bertz CT molecular complexity index is 3500. The smallest absolute Gasteiger partial charge is 0.0619 e. The zero-order valence-corrected chi connectivity index (χ0v) is 33.7. The van der Waals surface area contributed by atoms with Crippen LogP contribution in [0.2, 0.25) is 0 Å². The average molecular weight is 773 g/mol. The summed E-state index contributed by atoms with van der Waals surface area (Å²) in [6, 6.07) is 68.5. The highest BCUT2D eigenvalue weighted by atomic mass is 32.1. The van der Waals surface area contributed by atoms with Gasteiger partial charge in [0.2, 0.25) is 0 Å². The molecule has 0 aliphatic rings. The van der Waals surface area contributed by atoms with Gasteiger partial charge in [0.1, 0.15) is 0 Å². The second-order valence-electron chi connectivity index (χ2n) is 15.3. The normalized spacial score (nSPS) is 12.9. The topological polar surface area (TPSA) is 9.86 Å². The molecule has 280 valence electrons.